The summed E-state index contributed by atoms with van der Waals surface area (Å²) in [6, 6.07) is 12.0. The Morgan fingerprint density at radius 3 is 2.91 bits per heavy atom. The number of carbonyl (C=O) groups excluding carboxylic acids is 1. The number of aryl methyl sites for hydroxylation is 1. The van der Waals surface area contributed by atoms with Crippen LogP contribution in [0.2, 0.25) is 0 Å². The summed E-state index contributed by atoms with van der Waals surface area (Å²) in [7, 11) is 0. The van der Waals surface area contributed by atoms with Gasteiger partial charge in [0.25, 0.3) is 0 Å². The molecule has 3 nitrogen and oxygen atoms in total. The lowest BCUT2D eigenvalue weighted by Crippen LogP contribution is -2.12. The van der Waals surface area contributed by atoms with Gasteiger partial charge >= 0.3 is 0 Å². The lowest BCUT2D eigenvalue weighted by molar-refractivity contribution is 0.0971. The number of pyridine rings is 1. The molecule has 0 unspecified atom stereocenters. The van der Waals surface area contributed by atoms with Crippen molar-refractivity contribution >= 4 is 33.0 Å². The van der Waals surface area contributed by atoms with Gasteiger partial charge in [-0.1, -0.05) is 28.1 Å². The van der Waals surface area contributed by atoms with Crippen molar-refractivity contribution in [3.8, 4) is 21.1 Å². The lowest BCUT2D eigenvalue weighted by atomic mass is 9.94. The zero-order valence-corrected chi connectivity index (χ0v) is 14.7. The second kappa shape index (κ2) is 5.98. The number of hydrogen-bond acceptors (Lipinski definition) is 4. The average molecular weight is 385 g/mol. The van der Waals surface area contributed by atoms with E-state index in [-0.39, 0.29) is 5.78 Å². The topological polar surface area (TPSA) is 42.9 Å². The van der Waals surface area contributed by atoms with E-state index in [2.05, 4.69) is 38.0 Å². The van der Waals surface area contributed by atoms with Crippen LogP contribution < -0.4 is 0 Å². The van der Waals surface area contributed by atoms with E-state index in [9.17, 15) is 4.79 Å². The number of aromatic nitrogens is 2. The Morgan fingerprint density at radius 2 is 2.04 bits per heavy atom. The normalized spacial score (nSPS) is 13.9. The van der Waals surface area contributed by atoms with Crippen LogP contribution in [-0.4, -0.2) is 15.8 Å². The molecule has 3 aromatic rings. The van der Waals surface area contributed by atoms with Crippen molar-refractivity contribution in [3.63, 3.8) is 0 Å². The van der Waals surface area contributed by atoms with Gasteiger partial charge in [-0.05, 0) is 42.7 Å². The predicted octanol–water partition coefficient (Wildman–Crippen LogP) is 5.15. The zero-order chi connectivity index (χ0) is 15.8. The highest BCUT2D eigenvalue weighted by Crippen LogP contribution is 2.33. The maximum Gasteiger partial charge on any atom is 0.164 e. The molecule has 0 saturated heterocycles. The summed E-state index contributed by atoms with van der Waals surface area (Å²) in [5, 5.41) is 0.890. The van der Waals surface area contributed by atoms with E-state index in [1.54, 1.807) is 11.3 Å². The maximum atomic E-state index is 11.9. The van der Waals surface area contributed by atoms with Gasteiger partial charge in [0, 0.05) is 22.7 Å². The third kappa shape index (κ3) is 2.86. The van der Waals surface area contributed by atoms with Gasteiger partial charge in [0.2, 0.25) is 0 Å². The molecule has 23 heavy (non-hydrogen) atoms. The van der Waals surface area contributed by atoms with E-state index in [4.69, 9.17) is 0 Å². The number of thiazole rings is 1. The van der Waals surface area contributed by atoms with Gasteiger partial charge in [-0.25, -0.2) is 9.97 Å². The summed E-state index contributed by atoms with van der Waals surface area (Å²) in [5.41, 5.74) is 3.68. The van der Waals surface area contributed by atoms with Crippen LogP contribution >= 0.6 is 27.3 Å². The van der Waals surface area contributed by atoms with Crippen LogP contribution in [0.5, 0.6) is 0 Å². The fraction of sp³-hybridized carbons (Fsp3) is 0.167. The Kier molecular flexibility index (Phi) is 3.83. The second-order valence-electron chi connectivity index (χ2n) is 5.51. The molecule has 1 aromatic carbocycles. The number of rotatable bonds is 2. The van der Waals surface area contributed by atoms with Gasteiger partial charge in [-0.3, -0.25) is 4.79 Å². The van der Waals surface area contributed by atoms with Crippen LogP contribution in [0.4, 0.5) is 0 Å². The van der Waals surface area contributed by atoms with Gasteiger partial charge in [0.15, 0.2) is 5.78 Å². The van der Waals surface area contributed by atoms with Gasteiger partial charge in [-0.15, -0.1) is 11.3 Å². The first kappa shape index (κ1) is 14.7. The molecular formula is C18H13BrN2OS. The van der Waals surface area contributed by atoms with E-state index < -0.39 is 0 Å². The monoisotopic (exact) mass is 384 g/mol. The molecule has 0 aliphatic heterocycles. The molecule has 5 heteroatoms. The van der Waals surface area contributed by atoms with Crippen LogP contribution in [0, 0.1) is 0 Å². The maximum absolute atomic E-state index is 11.9. The van der Waals surface area contributed by atoms with E-state index in [1.165, 1.54) is 0 Å². The molecule has 2 aromatic heterocycles. The standard InChI is InChI=1S/C18H13BrN2OS/c19-12-4-1-3-11(9-12)17-10-20-18(23-17)15-8-7-13-14(21-15)5-2-6-16(13)22/h1,3-4,7-10H,2,5-6H2. The molecule has 0 spiro atoms. The van der Waals surface area contributed by atoms with Gasteiger partial charge < -0.3 is 0 Å². The van der Waals surface area contributed by atoms with E-state index in [1.807, 2.05) is 30.5 Å². The van der Waals surface area contributed by atoms with Crippen molar-refractivity contribution in [2.24, 2.45) is 0 Å². The fourth-order valence-corrected chi connectivity index (χ4v) is 4.07. The molecule has 0 N–H and O–H groups in total. The first-order valence-electron chi connectivity index (χ1n) is 7.46. The number of ketones is 1. The van der Waals surface area contributed by atoms with Crippen LogP contribution in [0.3, 0.4) is 0 Å². The highest BCUT2D eigenvalue weighted by atomic mass is 79.9. The van der Waals surface area contributed by atoms with Gasteiger partial charge in [0.1, 0.15) is 5.01 Å². The van der Waals surface area contributed by atoms with Crippen LogP contribution in [0.25, 0.3) is 21.1 Å². The molecule has 0 fully saturated rings. The number of fused-ring (bicyclic) bond motifs is 1. The smallest absolute Gasteiger partial charge is 0.164 e. The molecule has 0 radical (unpaired) electrons. The number of nitrogens with zero attached hydrogens (tertiary/aromatic N) is 2. The van der Waals surface area contributed by atoms with E-state index in [0.717, 1.165) is 49.7 Å². The fourth-order valence-electron chi connectivity index (χ4n) is 2.78. The predicted molar refractivity (Wildman–Crippen MR) is 95.7 cm³/mol. The Labute approximate surface area is 146 Å². The number of Topliss-reactive ketones (excluding diaryl/α,β-unsaturated/α-hetero) is 1. The first-order valence-corrected chi connectivity index (χ1v) is 9.07. The Bertz CT molecular complexity index is 904. The highest BCUT2D eigenvalue weighted by Gasteiger charge is 2.19. The van der Waals surface area contributed by atoms with Crippen LogP contribution in [-0.2, 0) is 6.42 Å². The lowest BCUT2D eigenvalue weighted by Gasteiger charge is -2.13. The van der Waals surface area contributed by atoms with Crippen molar-refractivity contribution < 1.29 is 4.79 Å². The molecule has 1 aliphatic carbocycles. The minimum atomic E-state index is 0.208. The zero-order valence-electron chi connectivity index (χ0n) is 12.3. The molecular weight excluding hydrogens is 372 g/mol. The van der Waals surface area contributed by atoms with Crippen molar-refractivity contribution in [1.29, 1.82) is 0 Å². The minimum absolute atomic E-state index is 0.208. The third-order valence-corrected chi connectivity index (χ3v) is 5.49. The molecule has 1 aliphatic rings. The van der Waals surface area contributed by atoms with Crippen molar-refractivity contribution in [3.05, 3.63) is 58.3 Å². The Balaban J connectivity index is 1.71. The highest BCUT2D eigenvalue weighted by molar-refractivity contribution is 9.10. The van der Waals surface area contributed by atoms with Crippen molar-refractivity contribution in [2.75, 3.05) is 0 Å². The number of halogens is 1. The van der Waals surface area contributed by atoms with E-state index >= 15 is 0 Å². The molecule has 2 heterocycles. The number of carbonyl (C=O) groups is 1. The molecule has 0 amide bonds. The number of hydrogen-bond donors (Lipinski definition) is 0. The summed E-state index contributed by atoms with van der Waals surface area (Å²) in [6.45, 7) is 0. The summed E-state index contributed by atoms with van der Waals surface area (Å²) < 4.78 is 1.05. The Morgan fingerprint density at radius 1 is 1.13 bits per heavy atom. The van der Waals surface area contributed by atoms with Crippen molar-refractivity contribution in [2.45, 2.75) is 19.3 Å². The van der Waals surface area contributed by atoms with Gasteiger partial charge in [-0.2, -0.15) is 0 Å². The average Bonchev–Trinajstić information content (AvgIpc) is 3.05. The van der Waals surface area contributed by atoms with Crippen molar-refractivity contribution in [1.82, 2.24) is 9.97 Å². The largest absolute Gasteiger partial charge is 0.294 e. The quantitative estimate of drug-likeness (QED) is 0.613. The first-order chi connectivity index (χ1) is 11.2. The molecule has 0 atom stereocenters. The molecule has 114 valence electrons. The minimum Gasteiger partial charge on any atom is -0.294 e. The molecule has 0 bridgehead atoms. The number of benzene rings is 1. The van der Waals surface area contributed by atoms with E-state index in [0.29, 0.717) is 6.42 Å². The van der Waals surface area contributed by atoms with Gasteiger partial charge in [0.05, 0.1) is 16.3 Å². The summed E-state index contributed by atoms with van der Waals surface area (Å²) in [6.07, 6.45) is 4.29. The SMILES string of the molecule is O=C1CCCc2nc(-c3ncc(-c4cccc(Br)c4)s3)ccc21. The molecule has 0 saturated carbocycles. The molecule has 4 rings (SSSR count). The Hall–Kier alpha value is -1.85. The second-order valence-corrected chi connectivity index (χ2v) is 7.45. The summed E-state index contributed by atoms with van der Waals surface area (Å²) in [5.74, 6) is 0.208. The summed E-state index contributed by atoms with van der Waals surface area (Å²) in [4.78, 5) is 22.2. The summed E-state index contributed by atoms with van der Waals surface area (Å²) >= 11 is 5.12. The van der Waals surface area contributed by atoms with Crippen LogP contribution in [0.1, 0.15) is 28.9 Å². The third-order valence-electron chi connectivity index (χ3n) is 3.93. The van der Waals surface area contributed by atoms with Crippen LogP contribution in [0.15, 0.2) is 47.1 Å².